The number of Topliss-reactive ketones (excluding diaryl/α,β-unsaturated/α-hetero) is 2. The number of rotatable bonds is 4. The molecule has 2 amide bonds. The summed E-state index contributed by atoms with van der Waals surface area (Å²) >= 11 is 0. The van der Waals surface area contributed by atoms with Crippen LogP contribution in [0.4, 0.5) is 0 Å². The molecule has 2 aromatic rings. The predicted molar refractivity (Wildman–Crippen MR) is 159 cm³/mol. The van der Waals surface area contributed by atoms with Crippen LogP contribution >= 0.6 is 0 Å². The third kappa shape index (κ3) is 4.31. The third-order valence-electron chi connectivity index (χ3n) is 9.81. The molecule has 1 heterocycles. The minimum absolute atomic E-state index is 0.0421. The molecular formula is C32H36N4O8. The first-order valence-electron chi connectivity index (χ1n) is 14.7. The largest absolute Gasteiger partial charge is 0.508 e. The Morgan fingerprint density at radius 3 is 2.36 bits per heavy atom. The Morgan fingerprint density at radius 2 is 1.75 bits per heavy atom. The molecule has 0 aromatic heterocycles. The SMILES string of the molecule is CC(=O)N1CCN(Cc2ccc3cc4c(c(O)c3c2)C(O)=C2C(=O)[C@]3(O)C(O)=C(C(N)=O)C(=O)[C@@H](N(C)C)[C@@H]3C[C@@H]2C4)CC1. The molecule has 12 heteroatoms. The molecule has 6 N–H and O–H groups in total. The number of aliphatic hydroxyl groups excluding tert-OH is 2. The van der Waals surface area contributed by atoms with E-state index in [-0.39, 0.29) is 35.6 Å². The lowest BCUT2D eigenvalue weighted by molar-refractivity contribution is -0.153. The summed E-state index contributed by atoms with van der Waals surface area (Å²) in [7, 11) is 3.13. The first-order chi connectivity index (χ1) is 20.7. The van der Waals surface area contributed by atoms with E-state index in [2.05, 4.69) is 4.90 Å². The number of piperazine rings is 1. The minimum atomic E-state index is -2.67. The first kappa shape index (κ1) is 29.8. The molecule has 1 saturated heterocycles. The van der Waals surface area contributed by atoms with Gasteiger partial charge in [0.1, 0.15) is 22.8 Å². The summed E-state index contributed by atoms with van der Waals surface area (Å²) in [5.41, 5.74) is 3.31. The summed E-state index contributed by atoms with van der Waals surface area (Å²) in [6, 6.07) is 6.44. The van der Waals surface area contributed by atoms with E-state index in [1.807, 2.05) is 24.3 Å². The first-order valence-corrected chi connectivity index (χ1v) is 14.7. The molecule has 44 heavy (non-hydrogen) atoms. The van der Waals surface area contributed by atoms with Crippen LogP contribution in [0.15, 0.2) is 41.2 Å². The number of ketones is 2. The van der Waals surface area contributed by atoms with Gasteiger partial charge in [0.2, 0.25) is 11.7 Å². The summed E-state index contributed by atoms with van der Waals surface area (Å²) in [5, 5.41) is 47.0. The van der Waals surface area contributed by atoms with Gasteiger partial charge < -0.3 is 31.1 Å². The summed E-state index contributed by atoms with van der Waals surface area (Å²) in [6.07, 6.45) is 0.278. The molecule has 4 aliphatic rings. The van der Waals surface area contributed by atoms with Crippen LogP contribution in [0.3, 0.4) is 0 Å². The van der Waals surface area contributed by atoms with E-state index in [4.69, 9.17) is 5.73 Å². The van der Waals surface area contributed by atoms with Crippen LogP contribution in [0.1, 0.15) is 30.0 Å². The van der Waals surface area contributed by atoms with Crippen molar-refractivity contribution in [2.45, 2.75) is 38.0 Å². The van der Waals surface area contributed by atoms with Gasteiger partial charge in [-0.25, -0.2) is 0 Å². The molecule has 0 spiro atoms. The smallest absolute Gasteiger partial charge is 0.255 e. The average Bonchev–Trinajstić information content (AvgIpc) is 2.95. The summed E-state index contributed by atoms with van der Waals surface area (Å²) in [5.74, 6) is -6.60. The number of hydrogen-bond donors (Lipinski definition) is 5. The molecule has 2 aromatic carbocycles. The lowest BCUT2D eigenvalue weighted by Crippen LogP contribution is -2.65. The molecule has 0 radical (unpaired) electrons. The third-order valence-corrected chi connectivity index (χ3v) is 9.81. The topological polar surface area (TPSA) is 185 Å². The maximum Gasteiger partial charge on any atom is 0.255 e. The van der Waals surface area contributed by atoms with Gasteiger partial charge in [0.15, 0.2) is 11.4 Å². The van der Waals surface area contributed by atoms with E-state index < -0.39 is 58.0 Å². The van der Waals surface area contributed by atoms with Crippen molar-refractivity contribution in [2.24, 2.45) is 17.6 Å². The van der Waals surface area contributed by atoms with Gasteiger partial charge in [-0.3, -0.25) is 29.0 Å². The molecule has 1 aliphatic heterocycles. The van der Waals surface area contributed by atoms with Crippen LogP contribution in [0.5, 0.6) is 5.75 Å². The number of aliphatic hydroxyl groups is 3. The number of phenols is 1. The van der Waals surface area contributed by atoms with Crippen molar-refractivity contribution in [2.75, 3.05) is 40.3 Å². The van der Waals surface area contributed by atoms with E-state index in [1.54, 1.807) is 25.9 Å². The second-order valence-corrected chi connectivity index (χ2v) is 12.6. The summed E-state index contributed by atoms with van der Waals surface area (Å²) in [6.45, 7) is 4.87. The number of carbonyl (C=O) groups is 4. The molecule has 0 unspecified atom stereocenters. The molecule has 3 aliphatic carbocycles. The van der Waals surface area contributed by atoms with Gasteiger partial charge in [-0.2, -0.15) is 0 Å². The van der Waals surface area contributed by atoms with E-state index in [0.717, 1.165) is 10.9 Å². The lowest BCUT2D eigenvalue weighted by atomic mass is 9.57. The highest BCUT2D eigenvalue weighted by Crippen LogP contribution is 2.53. The minimum Gasteiger partial charge on any atom is -0.508 e. The number of carbonyl (C=O) groups excluding carboxylic acids is 4. The van der Waals surface area contributed by atoms with Gasteiger partial charge in [-0.05, 0) is 55.4 Å². The molecule has 4 atom stereocenters. The number of nitrogens with zero attached hydrogens (tertiary/aromatic N) is 3. The highest BCUT2D eigenvalue weighted by molar-refractivity contribution is 6.24. The van der Waals surface area contributed by atoms with Crippen molar-refractivity contribution >= 4 is 39.9 Å². The van der Waals surface area contributed by atoms with Crippen molar-refractivity contribution in [1.82, 2.24) is 14.7 Å². The Labute approximate surface area is 253 Å². The monoisotopic (exact) mass is 604 g/mol. The Hall–Kier alpha value is -4.26. The van der Waals surface area contributed by atoms with Crippen LogP contribution in [0.25, 0.3) is 16.5 Å². The zero-order valence-corrected chi connectivity index (χ0v) is 24.8. The number of fused-ring (bicyclic) bond motifs is 4. The Balaban J connectivity index is 1.40. The molecule has 0 bridgehead atoms. The number of aromatic hydroxyl groups is 1. The van der Waals surface area contributed by atoms with E-state index in [1.165, 1.54) is 4.90 Å². The zero-order chi connectivity index (χ0) is 31.8. The van der Waals surface area contributed by atoms with Crippen molar-refractivity contribution in [3.63, 3.8) is 0 Å². The highest BCUT2D eigenvalue weighted by Gasteiger charge is 2.64. The van der Waals surface area contributed by atoms with Crippen LogP contribution in [0.2, 0.25) is 0 Å². The van der Waals surface area contributed by atoms with Gasteiger partial charge in [0.05, 0.1) is 11.6 Å². The molecule has 12 nitrogen and oxygen atoms in total. The number of nitrogens with two attached hydrogens (primary N) is 1. The lowest BCUT2D eigenvalue weighted by Gasteiger charge is -2.50. The maximum atomic E-state index is 14.0. The summed E-state index contributed by atoms with van der Waals surface area (Å²) < 4.78 is 0. The zero-order valence-electron chi connectivity index (χ0n) is 24.8. The van der Waals surface area contributed by atoms with Gasteiger partial charge in [-0.15, -0.1) is 0 Å². The molecule has 232 valence electrons. The standard InChI is InChI=1S/C32H36N4O8/c1-15(37)36-8-6-35(7-9-36)14-16-4-5-17-11-18-12-19-13-21-25(34(2)3)28(40)24(31(33)43)30(42)32(21,44)29(41)23(19)27(39)22(18)26(38)20(17)10-16/h4-5,10-11,19,21,25,38-39,42,44H,6-9,12-14H2,1-3H3,(H2,33,43)/t19-,21-,25-,32-/m0/s1. The second-order valence-electron chi connectivity index (χ2n) is 12.6. The van der Waals surface area contributed by atoms with E-state index in [9.17, 15) is 39.6 Å². The van der Waals surface area contributed by atoms with Gasteiger partial charge in [0, 0.05) is 56.5 Å². The van der Waals surface area contributed by atoms with Gasteiger partial charge >= 0.3 is 0 Å². The Bertz CT molecular complexity index is 1700. The molecule has 6 rings (SSSR count). The van der Waals surface area contributed by atoms with Crippen LogP contribution in [0, 0.1) is 11.8 Å². The van der Waals surface area contributed by atoms with Crippen molar-refractivity contribution in [1.29, 1.82) is 0 Å². The highest BCUT2D eigenvalue weighted by atomic mass is 16.3. The number of benzene rings is 2. The van der Waals surface area contributed by atoms with E-state index >= 15 is 0 Å². The average molecular weight is 605 g/mol. The van der Waals surface area contributed by atoms with E-state index in [0.29, 0.717) is 43.7 Å². The number of hydrogen-bond acceptors (Lipinski definition) is 10. The van der Waals surface area contributed by atoms with Crippen molar-refractivity contribution < 1.29 is 39.6 Å². The van der Waals surface area contributed by atoms with Crippen molar-refractivity contribution in [3.05, 3.63) is 57.9 Å². The molecular weight excluding hydrogens is 568 g/mol. The number of primary amides is 1. The van der Waals surface area contributed by atoms with Crippen LogP contribution in [-0.2, 0) is 32.1 Å². The Morgan fingerprint density at radius 1 is 1.07 bits per heavy atom. The molecule has 1 saturated carbocycles. The second kappa shape index (κ2) is 10.4. The fraction of sp³-hybridized carbons (Fsp3) is 0.438. The quantitative estimate of drug-likeness (QED) is 0.313. The van der Waals surface area contributed by atoms with Gasteiger partial charge in [-0.1, -0.05) is 18.2 Å². The van der Waals surface area contributed by atoms with Crippen LogP contribution in [-0.4, -0.2) is 110 Å². The van der Waals surface area contributed by atoms with Crippen molar-refractivity contribution in [3.8, 4) is 5.75 Å². The fourth-order valence-corrected chi connectivity index (χ4v) is 7.63. The fourth-order valence-electron chi connectivity index (χ4n) is 7.63. The molecule has 2 fully saturated rings. The number of amides is 2. The maximum absolute atomic E-state index is 14.0. The Kier molecular flexibility index (Phi) is 7.06. The van der Waals surface area contributed by atoms with Gasteiger partial charge in [0.25, 0.3) is 5.91 Å². The number of likely N-dealkylation sites (N-methyl/N-ethyl adjacent to an activating group) is 1. The predicted octanol–water partition coefficient (Wildman–Crippen LogP) is 0.781. The van der Waals surface area contributed by atoms with Crippen LogP contribution < -0.4 is 5.73 Å². The summed E-state index contributed by atoms with van der Waals surface area (Å²) in [4.78, 5) is 56.6. The number of phenolic OH excluding ortho intramolecular Hbond substituents is 1. The normalized spacial score (nSPS) is 27.5.